The van der Waals surface area contributed by atoms with Crippen molar-refractivity contribution in [1.29, 1.82) is 0 Å². The molecule has 1 heterocycles. The first-order valence-electron chi connectivity index (χ1n) is 5.46. The predicted octanol–water partition coefficient (Wildman–Crippen LogP) is 2.05. The molecule has 2 rings (SSSR count). The van der Waals surface area contributed by atoms with Crippen molar-refractivity contribution in [3.05, 3.63) is 40.2 Å². The number of nitro groups is 1. The van der Waals surface area contributed by atoms with E-state index in [4.69, 9.17) is 10.3 Å². The second kappa shape index (κ2) is 4.92. The molecule has 0 amide bonds. The highest BCUT2D eigenvalue weighted by molar-refractivity contribution is 5.57. The first-order chi connectivity index (χ1) is 8.61. The van der Waals surface area contributed by atoms with E-state index >= 15 is 0 Å². The minimum atomic E-state index is -0.474. The molecule has 0 saturated heterocycles. The van der Waals surface area contributed by atoms with Crippen molar-refractivity contribution in [3.63, 3.8) is 0 Å². The van der Waals surface area contributed by atoms with E-state index in [-0.39, 0.29) is 17.6 Å². The van der Waals surface area contributed by atoms with Gasteiger partial charge in [-0.2, -0.15) is 4.98 Å². The maximum atomic E-state index is 10.7. The zero-order valence-corrected chi connectivity index (χ0v) is 9.74. The van der Waals surface area contributed by atoms with E-state index in [2.05, 4.69) is 10.1 Å². The zero-order valence-electron chi connectivity index (χ0n) is 9.74. The second-order valence-electron chi connectivity index (χ2n) is 3.78. The average molecular weight is 248 g/mol. The summed E-state index contributed by atoms with van der Waals surface area (Å²) in [6.45, 7) is 1.91. The van der Waals surface area contributed by atoms with Gasteiger partial charge < -0.3 is 10.3 Å². The summed E-state index contributed by atoms with van der Waals surface area (Å²) in [4.78, 5) is 14.3. The van der Waals surface area contributed by atoms with Crippen LogP contribution in [0, 0.1) is 10.1 Å². The molecule has 2 aromatic rings. The third-order valence-electron chi connectivity index (χ3n) is 2.52. The van der Waals surface area contributed by atoms with Gasteiger partial charge in [-0.25, -0.2) is 0 Å². The molecular formula is C11H12N4O3. The van der Waals surface area contributed by atoms with E-state index in [0.29, 0.717) is 17.8 Å². The predicted molar refractivity (Wildman–Crippen MR) is 63.6 cm³/mol. The monoisotopic (exact) mass is 248 g/mol. The molecule has 7 heteroatoms. The van der Waals surface area contributed by atoms with Gasteiger partial charge in [0.2, 0.25) is 0 Å². The van der Waals surface area contributed by atoms with Gasteiger partial charge in [0.05, 0.1) is 11.0 Å². The SMILES string of the molecule is CCC(N)c1noc(-c2cccc([N+](=O)[O-])c2)n1. The molecule has 1 atom stereocenters. The number of rotatable bonds is 4. The second-order valence-corrected chi connectivity index (χ2v) is 3.78. The van der Waals surface area contributed by atoms with Crippen LogP contribution in [-0.4, -0.2) is 15.1 Å². The molecule has 0 aliphatic carbocycles. The lowest BCUT2D eigenvalue weighted by Crippen LogP contribution is -2.10. The third-order valence-corrected chi connectivity index (χ3v) is 2.52. The Morgan fingerprint density at radius 2 is 2.33 bits per heavy atom. The third kappa shape index (κ3) is 2.35. The minimum absolute atomic E-state index is 0.0213. The van der Waals surface area contributed by atoms with Crippen LogP contribution in [-0.2, 0) is 0 Å². The van der Waals surface area contributed by atoms with Gasteiger partial charge in [-0.1, -0.05) is 18.1 Å². The molecule has 2 N–H and O–H groups in total. The number of aromatic nitrogens is 2. The Kier molecular flexibility index (Phi) is 3.33. The van der Waals surface area contributed by atoms with Gasteiger partial charge >= 0.3 is 0 Å². The largest absolute Gasteiger partial charge is 0.334 e. The molecule has 1 aromatic carbocycles. The van der Waals surface area contributed by atoms with Crippen LogP contribution < -0.4 is 5.73 Å². The maximum Gasteiger partial charge on any atom is 0.270 e. The van der Waals surface area contributed by atoms with E-state index in [1.807, 2.05) is 6.92 Å². The summed E-state index contributed by atoms with van der Waals surface area (Å²) in [7, 11) is 0. The average Bonchev–Trinajstić information content (AvgIpc) is 2.87. The van der Waals surface area contributed by atoms with Crippen LogP contribution in [0.3, 0.4) is 0 Å². The summed E-state index contributed by atoms with van der Waals surface area (Å²) >= 11 is 0. The van der Waals surface area contributed by atoms with E-state index in [9.17, 15) is 10.1 Å². The van der Waals surface area contributed by atoms with Crippen molar-refractivity contribution in [2.24, 2.45) is 5.73 Å². The summed E-state index contributed by atoms with van der Waals surface area (Å²) in [5.41, 5.74) is 6.26. The number of nitrogens with two attached hydrogens (primary N) is 1. The van der Waals surface area contributed by atoms with Gasteiger partial charge in [0.1, 0.15) is 0 Å². The minimum Gasteiger partial charge on any atom is -0.334 e. The van der Waals surface area contributed by atoms with Crippen LogP contribution in [0.15, 0.2) is 28.8 Å². The van der Waals surface area contributed by atoms with Crippen molar-refractivity contribution >= 4 is 5.69 Å². The van der Waals surface area contributed by atoms with Gasteiger partial charge in [-0.15, -0.1) is 0 Å². The van der Waals surface area contributed by atoms with Crippen LogP contribution in [0.2, 0.25) is 0 Å². The number of nitro benzene ring substituents is 1. The first-order valence-corrected chi connectivity index (χ1v) is 5.46. The number of nitrogens with zero attached hydrogens (tertiary/aromatic N) is 3. The topological polar surface area (TPSA) is 108 Å². The van der Waals surface area contributed by atoms with Gasteiger partial charge in [0.25, 0.3) is 11.6 Å². The Balaban J connectivity index is 2.34. The summed E-state index contributed by atoms with van der Waals surface area (Å²) in [6.07, 6.45) is 0.688. The van der Waals surface area contributed by atoms with Crippen molar-refractivity contribution in [3.8, 4) is 11.5 Å². The number of non-ortho nitro benzene ring substituents is 1. The Hall–Kier alpha value is -2.28. The Morgan fingerprint density at radius 1 is 1.56 bits per heavy atom. The van der Waals surface area contributed by atoms with E-state index in [1.54, 1.807) is 12.1 Å². The molecule has 18 heavy (non-hydrogen) atoms. The van der Waals surface area contributed by atoms with Crippen molar-refractivity contribution in [2.45, 2.75) is 19.4 Å². The molecule has 0 aliphatic rings. The fraction of sp³-hybridized carbons (Fsp3) is 0.273. The van der Waals surface area contributed by atoms with Crippen molar-refractivity contribution in [2.75, 3.05) is 0 Å². The molecule has 0 spiro atoms. The molecular weight excluding hydrogens is 236 g/mol. The fourth-order valence-electron chi connectivity index (χ4n) is 1.44. The summed E-state index contributed by atoms with van der Waals surface area (Å²) < 4.78 is 5.04. The van der Waals surface area contributed by atoms with Gasteiger partial charge in [0, 0.05) is 17.7 Å². The summed E-state index contributed by atoms with van der Waals surface area (Å²) in [6, 6.07) is 5.73. The Labute approximate surface area is 103 Å². The molecule has 1 aromatic heterocycles. The highest BCUT2D eigenvalue weighted by Crippen LogP contribution is 2.23. The Bertz CT molecular complexity index is 567. The lowest BCUT2D eigenvalue weighted by atomic mass is 10.2. The quantitative estimate of drug-likeness (QED) is 0.655. The smallest absolute Gasteiger partial charge is 0.270 e. The van der Waals surface area contributed by atoms with Crippen LogP contribution >= 0.6 is 0 Å². The van der Waals surface area contributed by atoms with Gasteiger partial charge in [-0.05, 0) is 12.5 Å². The van der Waals surface area contributed by atoms with Crippen LogP contribution in [0.5, 0.6) is 0 Å². The van der Waals surface area contributed by atoms with Crippen molar-refractivity contribution < 1.29 is 9.45 Å². The van der Waals surface area contributed by atoms with E-state index in [1.165, 1.54) is 12.1 Å². The maximum absolute atomic E-state index is 10.7. The van der Waals surface area contributed by atoms with Gasteiger partial charge in [-0.3, -0.25) is 10.1 Å². The van der Waals surface area contributed by atoms with E-state index in [0.717, 1.165) is 0 Å². The van der Waals surface area contributed by atoms with E-state index < -0.39 is 4.92 Å². The molecule has 1 unspecified atom stereocenters. The van der Waals surface area contributed by atoms with Crippen LogP contribution in [0.1, 0.15) is 25.2 Å². The first kappa shape index (κ1) is 12.2. The molecule has 7 nitrogen and oxygen atoms in total. The lowest BCUT2D eigenvalue weighted by Gasteiger charge is -1.99. The van der Waals surface area contributed by atoms with Crippen LogP contribution in [0.4, 0.5) is 5.69 Å². The fourth-order valence-corrected chi connectivity index (χ4v) is 1.44. The number of benzene rings is 1. The zero-order chi connectivity index (χ0) is 13.1. The molecule has 0 radical (unpaired) electrons. The standard InChI is InChI=1S/C11H12N4O3/c1-2-9(12)10-13-11(18-14-10)7-4-3-5-8(6-7)15(16)17/h3-6,9H,2,12H2,1H3. The highest BCUT2D eigenvalue weighted by atomic mass is 16.6. The Morgan fingerprint density at radius 3 is 3.00 bits per heavy atom. The number of hydrogen-bond donors (Lipinski definition) is 1. The summed E-state index contributed by atoms with van der Waals surface area (Å²) in [5.74, 6) is 0.636. The molecule has 0 saturated carbocycles. The van der Waals surface area contributed by atoms with Crippen LogP contribution in [0.25, 0.3) is 11.5 Å². The van der Waals surface area contributed by atoms with Crippen molar-refractivity contribution in [1.82, 2.24) is 10.1 Å². The van der Waals surface area contributed by atoms with Gasteiger partial charge in [0.15, 0.2) is 5.82 Å². The normalized spacial score (nSPS) is 12.3. The highest BCUT2D eigenvalue weighted by Gasteiger charge is 2.15. The molecule has 94 valence electrons. The molecule has 0 aliphatic heterocycles. The lowest BCUT2D eigenvalue weighted by molar-refractivity contribution is -0.384. The molecule has 0 fully saturated rings. The molecule has 0 bridgehead atoms. The summed E-state index contributed by atoms with van der Waals surface area (Å²) in [5, 5.41) is 14.4. The number of hydrogen-bond acceptors (Lipinski definition) is 6.